The van der Waals surface area contributed by atoms with E-state index in [1.165, 1.54) is 28.8 Å². The van der Waals surface area contributed by atoms with Crippen LogP contribution in [0.25, 0.3) is 15.9 Å². The third-order valence-corrected chi connectivity index (χ3v) is 7.83. The summed E-state index contributed by atoms with van der Waals surface area (Å²) in [6.07, 6.45) is 3.62. The largest absolute Gasteiger partial charge is 0.355 e. The molecular formula is C25H22FN3O2S2. The highest BCUT2D eigenvalue weighted by Gasteiger charge is 2.24. The molecule has 4 aromatic rings. The average molecular weight is 480 g/mol. The topological polar surface area (TPSA) is 64.0 Å². The van der Waals surface area contributed by atoms with Crippen molar-refractivity contribution >= 4 is 39.2 Å². The van der Waals surface area contributed by atoms with Gasteiger partial charge < -0.3 is 5.32 Å². The van der Waals surface area contributed by atoms with Crippen molar-refractivity contribution < 1.29 is 9.18 Å². The molecule has 0 radical (unpaired) electrons. The van der Waals surface area contributed by atoms with Crippen LogP contribution in [0.3, 0.4) is 0 Å². The number of carbonyl (C=O) groups is 1. The highest BCUT2D eigenvalue weighted by atomic mass is 32.2. The van der Waals surface area contributed by atoms with Crippen molar-refractivity contribution in [1.82, 2.24) is 14.9 Å². The number of amides is 1. The summed E-state index contributed by atoms with van der Waals surface area (Å²) < 4.78 is 14.7. The summed E-state index contributed by atoms with van der Waals surface area (Å²) in [5.74, 6) is -0.256. The number of aryl methyl sites for hydroxylation is 2. The molecule has 2 aromatic heterocycles. The molecule has 0 bridgehead atoms. The molecule has 168 valence electrons. The molecule has 0 saturated carbocycles. The van der Waals surface area contributed by atoms with Gasteiger partial charge in [-0.25, -0.2) is 9.37 Å². The summed E-state index contributed by atoms with van der Waals surface area (Å²) in [7, 11) is 0. The summed E-state index contributed by atoms with van der Waals surface area (Å²) in [5, 5.41) is 4.14. The fraction of sp³-hybridized carbons (Fsp3) is 0.240. The highest BCUT2D eigenvalue weighted by Crippen LogP contribution is 2.36. The van der Waals surface area contributed by atoms with Crippen LogP contribution in [0.15, 0.2) is 64.5 Å². The molecule has 0 aliphatic heterocycles. The second-order valence-corrected chi connectivity index (χ2v) is 9.95. The predicted molar refractivity (Wildman–Crippen MR) is 131 cm³/mol. The molecule has 2 aromatic carbocycles. The number of thiophene rings is 1. The van der Waals surface area contributed by atoms with E-state index in [1.807, 2.05) is 30.3 Å². The number of rotatable bonds is 7. The predicted octanol–water partition coefficient (Wildman–Crippen LogP) is 4.53. The first-order chi connectivity index (χ1) is 16.1. The number of nitrogens with zero attached hydrogens (tertiary/aromatic N) is 2. The van der Waals surface area contributed by atoms with Crippen molar-refractivity contribution in [2.75, 3.05) is 12.3 Å². The average Bonchev–Trinajstić information content (AvgIpc) is 3.41. The van der Waals surface area contributed by atoms with Crippen molar-refractivity contribution in [2.45, 2.75) is 30.8 Å². The Bertz CT molecular complexity index is 1360. The lowest BCUT2D eigenvalue weighted by Gasteiger charge is -2.12. The lowest BCUT2D eigenvalue weighted by molar-refractivity contribution is -0.118. The van der Waals surface area contributed by atoms with Crippen LogP contribution in [0, 0.1) is 5.82 Å². The summed E-state index contributed by atoms with van der Waals surface area (Å²) in [5.41, 5.74) is 2.78. The SMILES string of the molecule is O=C(CSc1nc2sc3c(c2c(=O)n1-c1ccccc1)CCC3)NCCc1ccc(F)cc1. The van der Waals surface area contributed by atoms with E-state index in [4.69, 9.17) is 4.98 Å². The zero-order chi connectivity index (χ0) is 22.8. The lowest BCUT2D eigenvalue weighted by Crippen LogP contribution is -2.28. The third kappa shape index (κ3) is 4.58. The highest BCUT2D eigenvalue weighted by molar-refractivity contribution is 7.99. The smallest absolute Gasteiger partial charge is 0.267 e. The number of para-hydroxylation sites is 1. The number of carbonyl (C=O) groups excluding carboxylic acids is 1. The molecule has 0 spiro atoms. The Morgan fingerprint density at radius 3 is 2.70 bits per heavy atom. The zero-order valence-electron chi connectivity index (χ0n) is 17.8. The molecule has 0 unspecified atom stereocenters. The number of aromatic nitrogens is 2. The minimum atomic E-state index is -0.274. The Morgan fingerprint density at radius 1 is 1.12 bits per heavy atom. The molecule has 5 nitrogen and oxygen atoms in total. The number of benzene rings is 2. The Kier molecular flexibility index (Phi) is 6.28. The first kappa shape index (κ1) is 21.9. The van der Waals surface area contributed by atoms with E-state index in [0.29, 0.717) is 18.1 Å². The van der Waals surface area contributed by atoms with Crippen LogP contribution in [0.1, 0.15) is 22.4 Å². The van der Waals surface area contributed by atoms with Crippen LogP contribution in [0.2, 0.25) is 0 Å². The van der Waals surface area contributed by atoms with E-state index in [2.05, 4.69) is 5.32 Å². The quantitative estimate of drug-likeness (QED) is 0.313. The van der Waals surface area contributed by atoms with Gasteiger partial charge in [0.1, 0.15) is 10.6 Å². The van der Waals surface area contributed by atoms with Gasteiger partial charge in [-0.15, -0.1) is 11.3 Å². The third-order valence-electron chi connectivity index (χ3n) is 5.70. The maximum absolute atomic E-state index is 13.6. The van der Waals surface area contributed by atoms with Crippen LogP contribution < -0.4 is 10.9 Å². The van der Waals surface area contributed by atoms with Gasteiger partial charge in [0, 0.05) is 11.4 Å². The molecule has 1 amide bonds. The zero-order valence-corrected chi connectivity index (χ0v) is 19.5. The molecule has 1 N–H and O–H groups in total. The number of fused-ring (bicyclic) bond motifs is 3. The van der Waals surface area contributed by atoms with Gasteiger partial charge >= 0.3 is 0 Å². The Labute approximate surface area is 198 Å². The fourth-order valence-corrected chi connectivity index (χ4v) is 6.25. The Hall–Kier alpha value is -2.97. The van der Waals surface area contributed by atoms with Gasteiger partial charge in [-0.1, -0.05) is 42.1 Å². The standard InChI is InChI=1S/C25H22FN3O2S2/c26-17-11-9-16(10-12-17)13-14-27-21(30)15-32-25-28-23-22(19-7-4-8-20(19)33-23)24(31)29(25)18-5-2-1-3-6-18/h1-3,5-6,9-12H,4,7-8,13-15H2,(H,27,30). The van der Waals surface area contributed by atoms with Gasteiger partial charge in [0.15, 0.2) is 5.16 Å². The van der Waals surface area contributed by atoms with Crippen LogP contribution >= 0.6 is 23.1 Å². The van der Waals surface area contributed by atoms with Crippen LogP contribution in [0.5, 0.6) is 0 Å². The van der Waals surface area contributed by atoms with Crippen LogP contribution in [-0.4, -0.2) is 27.8 Å². The second kappa shape index (κ2) is 9.49. The van der Waals surface area contributed by atoms with E-state index in [1.54, 1.807) is 28.0 Å². The first-order valence-corrected chi connectivity index (χ1v) is 12.7. The van der Waals surface area contributed by atoms with E-state index >= 15 is 0 Å². The van der Waals surface area contributed by atoms with Gasteiger partial charge in [-0.3, -0.25) is 14.2 Å². The Morgan fingerprint density at radius 2 is 1.91 bits per heavy atom. The van der Waals surface area contributed by atoms with E-state index in [-0.39, 0.29) is 23.0 Å². The van der Waals surface area contributed by atoms with E-state index < -0.39 is 0 Å². The Balaban J connectivity index is 1.35. The van der Waals surface area contributed by atoms with Gasteiger partial charge in [0.25, 0.3) is 5.56 Å². The van der Waals surface area contributed by atoms with Crippen LogP contribution in [-0.2, 0) is 24.1 Å². The van der Waals surface area contributed by atoms with Crippen molar-refractivity contribution in [3.05, 3.63) is 86.8 Å². The van der Waals surface area contributed by atoms with Crippen molar-refractivity contribution in [3.63, 3.8) is 0 Å². The van der Waals surface area contributed by atoms with Crippen molar-refractivity contribution in [1.29, 1.82) is 0 Å². The van der Waals surface area contributed by atoms with Crippen molar-refractivity contribution in [2.24, 2.45) is 0 Å². The summed E-state index contributed by atoms with van der Waals surface area (Å²) >= 11 is 2.87. The minimum absolute atomic E-state index is 0.0650. The number of halogens is 1. The molecule has 1 aliphatic carbocycles. The summed E-state index contributed by atoms with van der Waals surface area (Å²) in [6.45, 7) is 0.459. The normalized spacial score (nSPS) is 12.8. The van der Waals surface area contributed by atoms with Gasteiger partial charge in [-0.05, 0) is 61.1 Å². The molecule has 1 aliphatic rings. The molecule has 0 atom stereocenters. The number of thioether (sulfide) groups is 1. The maximum atomic E-state index is 13.6. The van der Waals surface area contributed by atoms with Crippen molar-refractivity contribution in [3.8, 4) is 5.69 Å². The molecular weight excluding hydrogens is 457 g/mol. The molecule has 0 fully saturated rings. The monoisotopic (exact) mass is 479 g/mol. The summed E-state index contributed by atoms with van der Waals surface area (Å²) in [6, 6.07) is 15.7. The first-order valence-electron chi connectivity index (χ1n) is 10.9. The number of hydrogen-bond acceptors (Lipinski definition) is 5. The molecule has 8 heteroatoms. The number of nitrogens with one attached hydrogen (secondary N) is 1. The second-order valence-electron chi connectivity index (χ2n) is 7.92. The van der Waals surface area contributed by atoms with Gasteiger partial charge in [0.05, 0.1) is 16.8 Å². The van der Waals surface area contributed by atoms with E-state index in [9.17, 15) is 14.0 Å². The minimum Gasteiger partial charge on any atom is -0.355 e. The van der Waals surface area contributed by atoms with E-state index in [0.717, 1.165) is 46.3 Å². The van der Waals surface area contributed by atoms with Gasteiger partial charge in [0.2, 0.25) is 5.91 Å². The van der Waals surface area contributed by atoms with Crippen LogP contribution in [0.4, 0.5) is 4.39 Å². The molecule has 0 saturated heterocycles. The maximum Gasteiger partial charge on any atom is 0.267 e. The molecule has 33 heavy (non-hydrogen) atoms. The van der Waals surface area contributed by atoms with Gasteiger partial charge in [-0.2, -0.15) is 0 Å². The fourth-order valence-electron chi connectivity index (χ4n) is 4.10. The lowest BCUT2D eigenvalue weighted by atomic mass is 10.1. The summed E-state index contributed by atoms with van der Waals surface area (Å²) in [4.78, 5) is 32.9. The molecule has 5 rings (SSSR count). The molecule has 2 heterocycles. The number of hydrogen-bond donors (Lipinski definition) is 1.